The van der Waals surface area contributed by atoms with Crippen molar-refractivity contribution in [3.05, 3.63) is 98.9 Å². The van der Waals surface area contributed by atoms with E-state index in [1.54, 1.807) is 39.5 Å². The first-order valence-corrected chi connectivity index (χ1v) is 11.5. The molecule has 4 aromatic rings. The lowest BCUT2D eigenvalue weighted by molar-refractivity contribution is 0.0696. The third kappa shape index (κ3) is 3.82. The number of hydrogen-bond acceptors (Lipinski definition) is 2. The summed E-state index contributed by atoms with van der Waals surface area (Å²) in [5.74, 6) is -1.00. The minimum absolute atomic E-state index is 0.190. The first kappa shape index (κ1) is 22.4. The zero-order chi connectivity index (χ0) is 24.3. The second-order valence-electron chi connectivity index (χ2n) is 9.57. The maximum atomic E-state index is 14.1. The Bertz CT molecular complexity index is 1470. The first-order chi connectivity index (χ1) is 16.1. The lowest BCUT2D eigenvalue weighted by Gasteiger charge is -2.18. The van der Waals surface area contributed by atoms with E-state index in [-0.39, 0.29) is 17.7 Å². The molecule has 7 heteroatoms. The van der Waals surface area contributed by atoms with Gasteiger partial charge in [0.05, 0.1) is 27.8 Å². The Morgan fingerprint density at radius 2 is 1.76 bits per heavy atom. The minimum atomic E-state index is -1.33. The van der Waals surface area contributed by atoms with E-state index in [2.05, 4.69) is 0 Å². The third-order valence-corrected chi connectivity index (χ3v) is 6.65. The van der Waals surface area contributed by atoms with E-state index in [4.69, 9.17) is 11.6 Å². The molecule has 0 aliphatic heterocycles. The number of carbonyl (C=O) groups is 1. The lowest BCUT2D eigenvalue weighted by Crippen LogP contribution is -2.32. The van der Waals surface area contributed by atoms with Gasteiger partial charge in [-0.05, 0) is 80.3 Å². The first-order valence-electron chi connectivity index (χ1n) is 11.1. The summed E-state index contributed by atoms with van der Waals surface area (Å²) in [6.45, 7) is 3.07. The molecule has 1 heterocycles. The molecule has 174 valence electrons. The van der Waals surface area contributed by atoms with E-state index in [0.29, 0.717) is 16.2 Å². The van der Waals surface area contributed by atoms with Crippen LogP contribution in [0.5, 0.6) is 0 Å². The van der Waals surface area contributed by atoms with E-state index in [9.17, 15) is 19.1 Å². The highest BCUT2D eigenvalue weighted by molar-refractivity contribution is 6.31. The molecule has 1 aliphatic rings. The Kier molecular flexibility index (Phi) is 5.17. The van der Waals surface area contributed by atoms with Crippen LogP contribution < -0.4 is 5.69 Å². The maximum Gasteiger partial charge on any atom is 0.335 e. The van der Waals surface area contributed by atoms with Gasteiger partial charge in [-0.2, -0.15) is 0 Å². The molecule has 0 unspecified atom stereocenters. The number of aromatic nitrogens is 2. The fraction of sp³-hybridized carbons (Fsp3) is 0.259. The summed E-state index contributed by atoms with van der Waals surface area (Å²) in [6.07, 6.45) is 1.73. The molecular weight excluding hydrogens is 455 g/mol. The van der Waals surface area contributed by atoms with Crippen molar-refractivity contribution in [1.82, 2.24) is 9.13 Å². The molecule has 5 nitrogen and oxygen atoms in total. The summed E-state index contributed by atoms with van der Waals surface area (Å²) in [7, 11) is 0. The van der Waals surface area contributed by atoms with Gasteiger partial charge in [0.1, 0.15) is 5.67 Å². The van der Waals surface area contributed by atoms with Gasteiger partial charge in [-0.3, -0.25) is 9.13 Å². The van der Waals surface area contributed by atoms with Gasteiger partial charge in [-0.25, -0.2) is 14.0 Å². The van der Waals surface area contributed by atoms with Crippen LogP contribution in [0.25, 0.3) is 16.7 Å². The molecule has 0 amide bonds. The van der Waals surface area contributed by atoms with Crippen molar-refractivity contribution >= 4 is 28.6 Å². The number of carboxylic acid groups (broad SMARTS) is 1. The monoisotopic (exact) mass is 478 g/mol. The molecule has 34 heavy (non-hydrogen) atoms. The SMILES string of the molecule is CC(C)(F)Cc1ccc(-n2c(=O)n(C3(c4cccc(C(=O)O)c4)CC3)c3ccc(Cl)cc32)cc1. The van der Waals surface area contributed by atoms with Crippen LogP contribution in [0.1, 0.15) is 48.2 Å². The number of fused-ring (bicyclic) bond motifs is 1. The fourth-order valence-electron chi connectivity index (χ4n) is 4.78. The Morgan fingerprint density at radius 1 is 1.06 bits per heavy atom. The normalized spacial score (nSPS) is 14.9. The number of benzene rings is 3. The molecule has 0 radical (unpaired) electrons. The molecule has 0 spiro atoms. The van der Waals surface area contributed by atoms with Gasteiger partial charge in [0.2, 0.25) is 0 Å². The van der Waals surface area contributed by atoms with E-state index in [1.807, 2.05) is 36.4 Å². The van der Waals surface area contributed by atoms with E-state index in [1.165, 1.54) is 13.8 Å². The van der Waals surface area contributed by atoms with Gasteiger partial charge in [-0.1, -0.05) is 35.9 Å². The smallest absolute Gasteiger partial charge is 0.335 e. The summed E-state index contributed by atoms with van der Waals surface area (Å²) in [4.78, 5) is 25.4. The van der Waals surface area contributed by atoms with Gasteiger partial charge < -0.3 is 5.11 Å². The number of aromatic carboxylic acids is 1. The van der Waals surface area contributed by atoms with Crippen molar-refractivity contribution in [1.29, 1.82) is 0 Å². The van der Waals surface area contributed by atoms with Crippen LogP contribution in [-0.2, 0) is 12.0 Å². The predicted octanol–water partition coefficient (Wildman–Crippen LogP) is 5.97. The number of halogens is 2. The zero-order valence-corrected chi connectivity index (χ0v) is 19.6. The molecule has 1 aliphatic carbocycles. The van der Waals surface area contributed by atoms with Gasteiger partial charge in [0.25, 0.3) is 0 Å². The van der Waals surface area contributed by atoms with Crippen molar-refractivity contribution in [3.63, 3.8) is 0 Å². The summed E-state index contributed by atoms with van der Waals surface area (Å²) >= 11 is 6.31. The van der Waals surface area contributed by atoms with Crippen molar-refractivity contribution < 1.29 is 14.3 Å². The molecule has 0 saturated heterocycles. The Labute approximate surface area is 201 Å². The highest BCUT2D eigenvalue weighted by Crippen LogP contribution is 2.50. The van der Waals surface area contributed by atoms with Crippen LogP contribution in [0.4, 0.5) is 4.39 Å². The zero-order valence-electron chi connectivity index (χ0n) is 18.9. The number of alkyl halides is 1. The molecule has 1 N–H and O–H groups in total. The van der Waals surface area contributed by atoms with Crippen LogP contribution >= 0.6 is 11.6 Å². The van der Waals surface area contributed by atoms with Crippen LogP contribution in [0, 0.1) is 0 Å². The van der Waals surface area contributed by atoms with Crippen LogP contribution in [-0.4, -0.2) is 25.9 Å². The van der Waals surface area contributed by atoms with E-state index in [0.717, 1.165) is 29.5 Å². The molecule has 3 aromatic carbocycles. The summed E-state index contributed by atoms with van der Waals surface area (Å²) in [5, 5.41) is 9.96. The van der Waals surface area contributed by atoms with Crippen molar-refractivity contribution in [3.8, 4) is 5.69 Å². The molecule has 5 rings (SSSR count). The number of imidazole rings is 1. The van der Waals surface area contributed by atoms with E-state index >= 15 is 0 Å². The third-order valence-electron chi connectivity index (χ3n) is 6.42. The Balaban J connectivity index is 1.69. The number of carboxylic acids is 1. The number of rotatable bonds is 6. The standard InChI is InChI=1S/C27H24ClFN2O3/c1-26(2,29)16-17-6-9-21(10-7-17)30-23-15-20(28)8-11-22(23)31(25(30)34)27(12-13-27)19-5-3-4-18(14-19)24(32)33/h3-11,14-15H,12-13,16H2,1-2H3,(H,32,33). The highest BCUT2D eigenvalue weighted by Gasteiger charge is 2.49. The molecule has 0 atom stereocenters. The molecule has 0 bridgehead atoms. The molecule has 1 aromatic heterocycles. The van der Waals surface area contributed by atoms with Crippen LogP contribution in [0.2, 0.25) is 5.02 Å². The largest absolute Gasteiger partial charge is 0.478 e. The Hall–Kier alpha value is -3.38. The van der Waals surface area contributed by atoms with Crippen molar-refractivity contribution in [2.75, 3.05) is 0 Å². The molecular formula is C27H24ClFN2O3. The van der Waals surface area contributed by atoms with Crippen molar-refractivity contribution in [2.24, 2.45) is 0 Å². The highest BCUT2D eigenvalue weighted by atomic mass is 35.5. The second-order valence-corrected chi connectivity index (χ2v) is 10.0. The van der Waals surface area contributed by atoms with Gasteiger partial charge in [0.15, 0.2) is 0 Å². The van der Waals surface area contributed by atoms with Gasteiger partial charge in [-0.15, -0.1) is 0 Å². The summed E-state index contributed by atoms with van der Waals surface area (Å²) < 4.78 is 17.5. The number of nitrogens with zero attached hydrogens (tertiary/aromatic N) is 2. The average molecular weight is 479 g/mol. The topological polar surface area (TPSA) is 64.2 Å². The lowest BCUT2D eigenvalue weighted by atomic mass is 10.0. The van der Waals surface area contributed by atoms with Crippen molar-refractivity contribution in [2.45, 2.75) is 44.3 Å². The van der Waals surface area contributed by atoms with E-state index < -0.39 is 17.2 Å². The molecule has 1 saturated carbocycles. The van der Waals surface area contributed by atoms with Gasteiger partial charge >= 0.3 is 11.7 Å². The van der Waals surface area contributed by atoms with Crippen LogP contribution in [0.15, 0.2) is 71.5 Å². The Morgan fingerprint density at radius 3 is 2.38 bits per heavy atom. The number of hydrogen-bond donors (Lipinski definition) is 1. The maximum absolute atomic E-state index is 14.1. The predicted molar refractivity (Wildman–Crippen MR) is 131 cm³/mol. The molecule has 1 fully saturated rings. The quantitative estimate of drug-likeness (QED) is 0.371. The minimum Gasteiger partial charge on any atom is -0.478 e. The average Bonchev–Trinajstić information content (AvgIpc) is 3.52. The summed E-state index contributed by atoms with van der Waals surface area (Å²) in [6, 6.07) is 19.4. The van der Waals surface area contributed by atoms with Crippen LogP contribution in [0.3, 0.4) is 0 Å². The second kappa shape index (κ2) is 7.84. The van der Waals surface area contributed by atoms with Gasteiger partial charge in [0, 0.05) is 11.4 Å². The fourth-order valence-corrected chi connectivity index (χ4v) is 4.95. The summed E-state index contributed by atoms with van der Waals surface area (Å²) in [5.41, 5.74) is 1.70.